The van der Waals surface area contributed by atoms with E-state index >= 15 is 0 Å². The summed E-state index contributed by atoms with van der Waals surface area (Å²) >= 11 is 0. The van der Waals surface area contributed by atoms with E-state index in [0.717, 1.165) is 22.2 Å². The molecule has 1 aliphatic rings. The van der Waals surface area contributed by atoms with Gasteiger partial charge >= 0.3 is 0 Å². The Labute approximate surface area is 305 Å². The molecule has 0 fully saturated rings. The number of furan rings is 1. The number of benzene rings is 7. The lowest BCUT2D eigenvalue weighted by molar-refractivity contribution is 0.631. The Kier molecular flexibility index (Phi) is 6.59. The van der Waals surface area contributed by atoms with Crippen LogP contribution < -0.4 is 10.1 Å². The van der Waals surface area contributed by atoms with Crippen molar-refractivity contribution in [2.45, 2.75) is 38.9 Å². The number of hydrogen-bond donors (Lipinski definition) is 0. The van der Waals surface area contributed by atoms with Gasteiger partial charge in [-0.05, 0) is 82.0 Å². The topological polar surface area (TPSA) is 21.3 Å². The van der Waals surface area contributed by atoms with Crippen LogP contribution >= 0.6 is 0 Å². The fourth-order valence-electron chi connectivity index (χ4n) is 8.72. The van der Waals surface area contributed by atoms with Gasteiger partial charge < -0.3 is 13.9 Å². The number of nitrogens with zero attached hydrogens (tertiary/aromatic N) is 2. The van der Waals surface area contributed by atoms with Crippen LogP contribution in [0.15, 0.2) is 156 Å². The molecule has 4 heteroatoms. The van der Waals surface area contributed by atoms with Crippen LogP contribution in [-0.4, -0.2) is 12.6 Å². The van der Waals surface area contributed by atoms with E-state index in [1.807, 2.05) is 0 Å². The molecule has 3 heterocycles. The largest absolute Gasteiger partial charge is 0.454 e. The first-order valence-corrected chi connectivity index (χ1v) is 21.8. The van der Waals surface area contributed by atoms with Gasteiger partial charge in [-0.25, -0.2) is 0 Å². The number of para-hydroxylation sites is 5. The number of fused-ring (bicyclic) bond motifs is 8. The van der Waals surface area contributed by atoms with E-state index in [4.69, 9.17) is 4.42 Å². The van der Waals surface area contributed by atoms with Gasteiger partial charge in [0.25, 0.3) is 0 Å². The van der Waals surface area contributed by atoms with Gasteiger partial charge in [-0.2, -0.15) is 0 Å². The summed E-state index contributed by atoms with van der Waals surface area (Å²) in [5, 5.41) is 6.24. The lowest BCUT2D eigenvalue weighted by Crippen LogP contribution is -2.37. The first-order chi connectivity index (χ1) is 25.2. The summed E-state index contributed by atoms with van der Waals surface area (Å²) in [6, 6.07) is 55.6. The van der Waals surface area contributed by atoms with Crippen molar-refractivity contribution in [3.05, 3.63) is 163 Å². The van der Waals surface area contributed by atoms with Crippen LogP contribution in [0, 0.1) is 0 Å². The quantitative estimate of drug-likeness (QED) is 0.172. The fraction of sp³-hybridized carbons (Fsp3) is 0.125. The molecule has 0 aliphatic carbocycles. The summed E-state index contributed by atoms with van der Waals surface area (Å²) < 4.78 is 9.35. The molecule has 0 radical (unpaired) electrons. The van der Waals surface area contributed by atoms with Crippen LogP contribution in [0.5, 0.6) is 0 Å². The van der Waals surface area contributed by atoms with Gasteiger partial charge in [0.05, 0.1) is 36.2 Å². The zero-order valence-corrected chi connectivity index (χ0v) is 31.2. The standard InChI is InChI=1S/C48H40N2OSi/c1-48(2)38-20-10-12-22-42(38)50(44-23-13-18-35-36-19-14-24-45(52(3,4)5)47(36)51-46(35)44)43-28-26-32(30-39(43)48)31-25-27-41-37(29-31)34-17-9-11-21-40(34)49(41)33-15-7-6-8-16-33/h6-30H,1-5H3. The van der Waals surface area contributed by atoms with Crippen LogP contribution in [0.1, 0.15) is 25.0 Å². The summed E-state index contributed by atoms with van der Waals surface area (Å²) in [5.41, 5.74) is 13.8. The maximum Gasteiger partial charge on any atom is 0.159 e. The van der Waals surface area contributed by atoms with Gasteiger partial charge in [-0.1, -0.05) is 131 Å². The highest BCUT2D eigenvalue weighted by Gasteiger charge is 2.38. The van der Waals surface area contributed by atoms with Crippen molar-refractivity contribution in [2.75, 3.05) is 4.90 Å². The van der Waals surface area contributed by atoms with Crippen molar-refractivity contribution in [1.29, 1.82) is 0 Å². The molecule has 0 atom stereocenters. The molecule has 3 nitrogen and oxygen atoms in total. The molecule has 0 saturated heterocycles. The molecule has 10 rings (SSSR count). The number of rotatable bonds is 4. The van der Waals surface area contributed by atoms with Crippen molar-refractivity contribution in [2.24, 2.45) is 0 Å². The Hall–Kier alpha value is -5.84. The molecule has 0 saturated carbocycles. The summed E-state index contributed by atoms with van der Waals surface area (Å²) in [7, 11) is -1.65. The van der Waals surface area contributed by atoms with Crippen molar-refractivity contribution in [1.82, 2.24) is 4.57 Å². The van der Waals surface area contributed by atoms with Crippen LogP contribution in [0.4, 0.5) is 17.1 Å². The third kappa shape index (κ3) is 4.44. The van der Waals surface area contributed by atoms with E-state index in [9.17, 15) is 0 Å². The molecule has 0 N–H and O–H groups in total. The minimum absolute atomic E-state index is 0.224. The van der Waals surface area contributed by atoms with Crippen molar-refractivity contribution < 1.29 is 4.42 Å². The summed E-state index contributed by atoms with van der Waals surface area (Å²) in [6.45, 7) is 11.9. The second kappa shape index (κ2) is 11.1. The highest BCUT2D eigenvalue weighted by atomic mass is 28.3. The van der Waals surface area contributed by atoms with Gasteiger partial charge in [0.1, 0.15) is 5.58 Å². The monoisotopic (exact) mass is 688 g/mol. The molecule has 2 aromatic heterocycles. The average molecular weight is 689 g/mol. The van der Waals surface area contributed by atoms with E-state index < -0.39 is 8.07 Å². The van der Waals surface area contributed by atoms with Gasteiger partial charge in [-0.3, -0.25) is 0 Å². The highest BCUT2D eigenvalue weighted by Crippen LogP contribution is 2.54. The molecule has 252 valence electrons. The third-order valence-corrected chi connectivity index (χ3v) is 13.3. The molecule has 7 aromatic carbocycles. The molecular formula is C48H40N2OSi. The molecule has 52 heavy (non-hydrogen) atoms. The minimum Gasteiger partial charge on any atom is -0.454 e. The van der Waals surface area contributed by atoms with Crippen LogP contribution in [0.25, 0.3) is 60.6 Å². The van der Waals surface area contributed by atoms with Crippen molar-refractivity contribution in [3.63, 3.8) is 0 Å². The second-order valence-corrected chi connectivity index (χ2v) is 20.9. The van der Waals surface area contributed by atoms with Gasteiger partial charge in [0.2, 0.25) is 0 Å². The van der Waals surface area contributed by atoms with E-state index in [0.29, 0.717) is 0 Å². The predicted octanol–water partition coefficient (Wildman–Crippen LogP) is 13.0. The molecule has 0 bridgehead atoms. The van der Waals surface area contributed by atoms with E-state index in [2.05, 4.69) is 195 Å². The predicted molar refractivity (Wildman–Crippen MR) is 223 cm³/mol. The maximum absolute atomic E-state index is 6.97. The number of aromatic nitrogens is 1. The van der Waals surface area contributed by atoms with Crippen molar-refractivity contribution >= 4 is 74.1 Å². The Morgan fingerprint density at radius 1 is 0.481 bits per heavy atom. The molecule has 9 aromatic rings. The molecule has 0 amide bonds. The molecular weight excluding hydrogens is 649 g/mol. The normalized spacial score (nSPS) is 14.0. The van der Waals surface area contributed by atoms with Crippen LogP contribution in [0.3, 0.4) is 0 Å². The van der Waals surface area contributed by atoms with Crippen molar-refractivity contribution in [3.8, 4) is 16.8 Å². The van der Waals surface area contributed by atoms with Crippen LogP contribution in [-0.2, 0) is 5.41 Å². The smallest absolute Gasteiger partial charge is 0.159 e. The number of anilines is 3. The van der Waals surface area contributed by atoms with Gasteiger partial charge in [0.15, 0.2) is 5.58 Å². The van der Waals surface area contributed by atoms with E-state index in [1.165, 1.54) is 71.7 Å². The summed E-state index contributed by atoms with van der Waals surface area (Å²) in [5.74, 6) is 0. The summed E-state index contributed by atoms with van der Waals surface area (Å²) in [4.78, 5) is 2.44. The third-order valence-electron chi connectivity index (χ3n) is 11.3. The average Bonchev–Trinajstić information content (AvgIpc) is 3.71. The van der Waals surface area contributed by atoms with Gasteiger partial charge in [0, 0.05) is 32.6 Å². The zero-order chi connectivity index (χ0) is 35.4. The number of hydrogen-bond acceptors (Lipinski definition) is 2. The minimum atomic E-state index is -1.65. The Morgan fingerprint density at radius 3 is 1.92 bits per heavy atom. The van der Waals surface area contributed by atoms with Gasteiger partial charge in [-0.15, -0.1) is 0 Å². The Morgan fingerprint density at radius 2 is 1.10 bits per heavy atom. The lowest BCUT2D eigenvalue weighted by atomic mass is 9.73. The Bertz CT molecular complexity index is 2870. The second-order valence-electron chi connectivity index (χ2n) is 15.8. The first kappa shape index (κ1) is 30.9. The van der Waals surface area contributed by atoms with E-state index in [-0.39, 0.29) is 5.41 Å². The highest BCUT2D eigenvalue weighted by molar-refractivity contribution is 6.90. The SMILES string of the molecule is CC1(C)c2ccccc2N(c2cccc3c2oc2c([Si](C)(C)C)cccc23)c2ccc(-c3ccc4c(c3)c3ccccc3n4-c3ccccc3)cc21. The van der Waals surface area contributed by atoms with E-state index in [1.54, 1.807) is 0 Å². The molecule has 1 aliphatic heterocycles. The fourth-order valence-corrected chi connectivity index (χ4v) is 10.2. The maximum atomic E-state index is 6.97. The molecule has 0 unspecified atom stereocenters. The molecule has 0 spiro atoms. The summed E-state index contributed by atoms with van der Waals surface area (Å²) in [6.07, 6.45) is 0. The lowest BCUT2D eigenvalue weighted by Gasteiger charge is -2.42. The Balaban J connectivity index is 1.18. The zero-order valence-electron chi connectivity index (χ0n) is 30.2. The first-order valence-electron chi connectivity index (χ1n) is 18.3. The van der Waals surface area contributed by atoms with Crippen LogP contribution in [0.2, 0.25) is 19.6 Å².